The Hall–Kier alpha value is -1.95. The van der Waals surface area contributed by atoms with Gasteiger partial charge in [0.15, 0.2) is 0 Å². The van der Waals surface area contributed by atoms with Crippen LogP contribution in [0.3, 0.4) is 0 Å². The first kappa shape index (κ1) is 14.1. The van der Waals surface area contributed by atoms with Crippen molar-refractivity contribution >= 4 is 11.9 Å². The Morgan fingerprint density at radius 1 is 1.44 bits per heavy atom. The Morgan fingerprint density at radius 2 is 2.17 bits per heavy atom. The third-order valence-electron chi connectivity index (χ3n) is 2.08. The van der Waals surface area contributed by atoms with Crippen LogP contribution in [0.2, 0.25) is 0 Å². The minimum absolute atomic E-state index is 0.0506. The van der Waals surface area contributed by atoms with E-state index in [2.05, 4.69) is 10.3 Å². The lowest BCUT2D eigenvalue weighted by atomic mass is 10.2. The van der Waals surface area contributed by atoms with Gasteiger partial charge in [0.05, 0.1) is 18.3 Å². The molecule has 18 heavy (non-hydrogen) atoms. The van der Waals surface area contributed by atoms with Crippen LogP contribution in [-0.2, 0) is 4.74 Å². The standard InChI is InChI=1S/C12H16N2O4/c1-8(2)18-6-5-13-11(15)10-4-3-9(7-14-10)12(16)17/h3-4,7-8H,5-6H2,1-2H3,(H,13,15)(H,16,17). The lowest BCUT2D eigenvalue weighted by Gasteiger charge is -2.08. The number of aromatic carboxylic acids is 1. The molecule has 0 spiro atoms. The maximum Gasteiger partial charge on any atom is 0.337 e. The van der Waals surface area contributed by atoms with E-state index in [9.17, 15) is 9.59 Å². The van der Waals surface area contributed by atoms with Crippen LogP contribution in [0.5, 0.6) is 0 Å². The zero-order valence-electron chi connectivity index (χ0n) is 10.3. The number of nitrogens with zero attached hydrogens (tertiary/aromatic N) is 1. The summed E-state index contributed by atoms with van der Waals surface area (Å²) in [7, 11) is 0. The first-order valence-electron chi connectivity index (χ1n) is 5.60. The summed E-state index contributed by atoms with van der Waals surface area (Å²) in [5.74, 6) is -1.42. The van der Waals surface area contributed by atoms with Crippen molar-refractivity contribution in [1.82, 2.24) is 10.3 Å². The molecular formula is C12H16N2O4. The molecule has 6 heteroatoms. The highest BCUT2D eigenvalue weighted by Crippen LogP contribution is 2.00. The lowest BCUT2D eigenvalue weighted by molar-refractivity contribution is 0.0695. The third-order valence-corrected chi connectivity index (χ3v) is 2.08. The predicted octanol–water partition coefficient (Wildman–Crippen LogP) is 0.935. The molecule has 0 aliphatic heterocycles. The van der Waals surface area contributed by atoms with Gasteiger partial charge in [0.1, 0.15) is 5.69 Å². The zero-order chi connectivity index (χ0) is 13.5. The summed E-state index contributed by atoms with van der Waals surface area (Å²) in [6, 6.07) is 2.72. The number of carbonyl (C=O) groups excluding carboxylic acids is 1. The summed E-state index contributed by atoms with van der Waals surface area (Å²) >= 11 is 0. The molecule has 98 valence electrons. The van der Waals surface area contributed by atoms with Gasteiger partial charge in [0.25, 0.3) is 5.91 Å². The van der Waals surface area contributed by atoms with Gasteiger partial charge in [0, 0.05) is 12.7 Å². The van der Waals surface area contributed by atoms with Crippen LogP contribution in [0.15, 0.2) is 18.3 Å². The first-order valence-corrected chi connectivity index (χ1v) is 5.60. The Morgan fingerprint density at radius 3 is 2.67 bits per heavy atom. The van der Waals surface area contributed by atoms with E-state index >= 15 is 0 Å². The second-order valence-electron chi connectivity index (χ2n) is 3.91. The highest BCUT2D eigenvalue weighted by Gasteiger charge is 2.08. The third kappa shape index (κ3) is 4.50. The van der Waals surface area contributed by atoms with Crippen LogP contribution in [0.25, 0.3) is 0 Å². The van der Waals surface area contributed by atoms with E-state index in [4.69, 9.17) is 9.84 Å². The molecule has 0 aliphatic carbocycles. The molecular weight excluding hydrogens is 236 g/mol. The van der Waals surface area contributed by atoms with Crippen molar-refractivity contribution in [2.45, 2.75) is 20.0 Å². The van der Waals surface area contributed by atoms with E-state index in [1.165, 1.54) is 12.1 Å². The van der Waals surface area contributed by atoms with Gasteiger partial charge in [-0.2, -0.15) is 0 Å². The first-order chi connectivity index (χ1) is 8.50. The van der Waals surface area contributed by atoms with Crippen LogP contribution >= 0.6 is 0 Å². The number of carboxylic acids is 1. The average Bonchev–Trinajstić information content (AvgIpc) is 2.34. The second kappa shape index (κ2) is 6.70. The molecule has 1 heterocycles. The number of amides is 1. The molecule has 0 atom stereocenters. The molecule has 1 aromatic rings. The maximum absolute atomic E-state index is 11.6. The van der Waals surface area contributed by atoms with E-state index in [1.807, 2.05) is 13.8 Å². The Balaban J connectivity index is 2.44. The fraction of sp³-hybridized carbons (Fsp3) is 0.417. The number of pyridine rings is 1. The molecule has 0 aliphatic rings. The van der Waals surface area contributed by atoms with Gasteiger partial charge in [-0.1, -0.05) is 0 Å². The van der Waals surface area contributed by atoms with Crippen molar-refractivity contribution in [2.75, 3.05) is 13.2 Å². The molecule has 2 N–H and O–H groups in total. The van der Waals surface area contributed by atoms with Crippen molar-refractivity contribution in [2.24, 2.45) is 0 Å². The van der Waals surface area contributed by atoms with Gasteiger partial charge < -0.3 is 15.2 Å². The second-order valence-corrected chi connectivity index (χ2v) is 3.91. The Bertz CT molecular complexity index is 415. The predicted molar refractivity (Wildman–Crippen MR) is 64.6 cm³/mol. The van der Waals surface area contributed by atoms with E-state index in [1.54, 1.807) is 0 Å². The summed E-state index contributed by atoms with van der Waals surface area (Å²) < 4.78 is 5.27. The molecule has 1 amide bonds. The quantitative estimate of drug-likeness (QED) is 0.735. The van der Waals surface area contributed by atoms with Crippen LogP contribution < -0.4 is 5.32 Å². The van der Waals surface area contributed by atoms with Gasteiger partial charge >= 0.3 is 5.97 Å². The van der Waals surface area contributed by atoms with E-state index in [0.29, 0.717) is 13.2 Å². The molecule has 0 unspecified atom stereocenters. The van der Waals surface area contributed by atoms with Crippen LogP contribution in [0.4, 0.5) is 0 Å². The topological polar surface area (TPSA) is 88.5 Å². The highest BCUT2D eigenvalue weighted by molar-refractivity contribution is 5.93. The molecule has 0 saturated carbocycles. The van der Waals surface area contributed by atoms with E-state index in [-0.39, 0.29) is 23.3 Å². The fourth-order valence-corrected chi connectivity index (χ4v) is 1.20. The van der Waals surface area contributed by atoms with Crippen molar-refractivity contribution in [3.8, 4) is 0 Å². The lowest BCUT2D eigenvalue weighted by Crippen LogP contribution is -2.28. The summed E-state index contributed by atoms with van der Waals surface area (Å²) in [4.78, 5) is 26.0. The molecule has 0 fully saturated rings. The molecule has 0 bridgehead atoms. The van der Waals surface area contributed by atoms with Gasteiger partial charge in [-0.25, -0.2) is 4.79 Å². The minimum Gasteiger partial charge on any atom is -0.478 e. The van der Waals surface area contributed by atoms with Gasteiger partial charge in [-0.15, -0.1) is 0 Å². The normalized spacial score (nSPS) is 10.4. The summed E-state index contributed by atoms with van der Waals surface area (Å²) in [6.45, 7) is 4.64. The number of carbonyl (C=O) groups is 2. The van der Waals surface area contributed by atoms with E-state index < -0.39 is 5.97 Å². The summed E-state index contributed by atoms with van der Waals surface area (Å²) in [5.41, 5.74) is 0.235. The Labute approximate surface area is 105 Å². The molecule has 1 aromatic heterocycles. The minimum atomic E-state index is -1.07. The Kier molecular flexibility index (Phi) is 5.26. The number of ether oxygens (including phenoxy) is 1. The largest absolute Gasteiger partial charge is 0.478 e. The monoisotopic (exact) mass is 252 g/mol. The maximum atomic E-state index is 11.6. The van der Waals surface area contributed by atoms with Crippen molar-refractivity contribution < 1.29 is 19.4 Å². The van der Waals surface area contributed by atoms with Crippen LogP contribution in [0.1, 0.15) is 34.7 Å². The smallest absolute Gasteiger partial charge is 0.337 e. The number of rotatable bonds is 6. The van der Waals surface area contributed by atoms with Crippen molar-refractivity contribution in [3.05, 3.63) is 29.6 Å². The van der Waals surface area contributed by atoms with Crippen molar-refractivity contribution in [1.29, 1.82) is 0 Å². The number of carboxylic acid groups (broad SMARTS) is 1. The van der Waals surface area contributed by atoms with Crippen LogP contribution in [-0.4, -0.2) is 41.2 Å². The molecule has 1 rings (SSSR count). The van der Waals surface area contributed by atoms with Gasteiger partial charge in [-0.3, -0.25) is 9.78 Å². The summed E-state index contributed by atoms with van der Waals surface area (Å²) in [5, 5.41) is 11.3. The van der Waals surface area contributed by atoms with Gasteiger partial charge in [-0.05, 0) is 26.0 Å². The molecule has 6 nitrogen and oxygen atoms in total. The highest BCUT2D eigenvalue weighted by atomic mass is 16.5. The zero-order valence-corrected chi connectivity index (χ0v) is 10.3. The number of hydrogen-bond acceptors (Lipinski definition) is 4. The molecule has 0 saturated heterocycles. The van der Waals surface area contributed by atoms with Crippen LogP contribution in [0, 0.1) is 0 Å². The van der Waals surface area contributed by atoms with E-state index in [0.717, 1.165) is 6.20 Å². The van der Waals surface area contributed by atoms with Gasteiger partial charge in [0.2, 0.25) is 0 Å². The molecule has 0 radical (unpaired) electrons. The van der Waals surface area contributed by atoms with Crippen molar-refractivity contribution in [3.63, 3.8) is 0 Å². The fourth-order valence-electron chi connectivity index (χ4n) is 1.20. The SMILES string of the molecule is CC(C)OCCNC(=O)c1ccc(C(=O)O)cn1. The molecule has 0 aromatic carbocycles. The summed E-state index contributed by atoms with van der Waals surface area (Å²) in [6.07, 6.45) is 1.27. The average molecular weight is 252 g/mol. The number of nitrogens with one attached hydrogen (secondary N) is 1. The number of hydrogen-bond donors (Lipinski definition) is 2. The number of aromatic nitrogens is 1.